The summed E-state index contributed by atoms with van der Waals surface area (Å²) in [4.78, 5) is 11.8. The van der Waals surface area contributed by atoms with E-state index in [4.69, 9.17) is 4.98 Å². The van der Waals surface area contributed by atoms with Gasteiger partial charge < -0.3 is 10.2 Å². The van der Waals surface area contributed by atoms with Crippen LogP contribution in [0, 0.1) is 5.92 Å². The fraction of sp³-hybridized carbons (Fsp3) is 0.583. The van der Waals surface area contributed by atoms with Crippen molar-refractivity contribution < 1.29 is 0 Å². The average Bonchev–Trinajstić information content (AvgIpc) is 2.70. The molecule has 0 fully saturated rings. The molecule has 0 aliphatic carbocycles. The summed E-state index contributed by atoms with van der Waals surface area (Å²) in [6, 6.07) is 10.7. The van der Waals surface area contributed by atoms with Crippen LogP contribution < -0.4 is 10.2 Å². The summed E-state index contributed by atoms with van der Waals surface area (Å²) in [5.41, 5.74) is 2.49. The van der Waals surface area contributed by atoms with Crippen LogP contribution in [0.15, 0.2) is 36.5 Å². The molecule has 0 bridgehead atoms. The van der Waals surface area contributed by atoms with Crippen LogP contribution in [0.2, 0.25) is 0 Å². The number of nitrogens with zero attached hydrogens (tertiary/aromatic N) is 3. The van der Waals surface area contributed by atoms with Gasteiger partial charge in [-0.15, -0.1) is 0 Å². The highest BCUT2D eigenvalue weighted by atomic mass is 15.2. The lowest BCUT2D eigenvalue weighted by Crippen LogP contribution is -2.25. The molecule has 0 saturated carbocycles. The second-order valence-corrected chi connectivity index (χ2v) is 8.45. The van der Waals surface area contributed by atoms with E-state index in [1.54, 1.807) is 0 Å². The molecule has 2 aromatic heterocycles. The van der Waals surface area contributed by atoms with E-state index in [-0.39, 0.29) is 0 Å². The molecule has 2 heterocycles. The van der Waals surface area contributed by atoms with Gasteiger partial charge in [-0.3, -0.25) is 0 Å². The highest BCUT2D eigenvalue weighted by Crippen LogP contribution is 2.22. The Morgan fingerprint density at radius 2 is 1.82 bits per heavy atom. The lowest BCUT2D eigenvalue weighted by Gasteiger charge is -2.23. The first-order valence-electron chi connectivity index (χ1n) is 10.8. The van der Waals surface area contributed by atoms with Crippen LogP contribution in [0.25, 0.3) is 0 Å². The van der Waals surface area contributed by atoms with Gasteiger partial charge in [-0.25, -0.2) is 9.97 Å². The Labute approximate surface area is 171 Å². The van der Waals surface area contributed by atoms with Gasteiger partial charge in [0.15, 0.2) is 0 Å². The van der Waals surface area contributed by atoms with Crippen LogP contribution in [-0.2, 0) is 0 Å². The molecule has 1 unspecified atom stereocenters. The number of pyridine rings is 2. The van der Waals surface area contributed by atoms with E-state index < -0.39 is 0 Å². The minimum atomic E-state index is 0.462. The Bertz CT molecular complexity index is 694. The fourth-order valence-corrected chi connectivity index (χ4v) is 3.24. The first kappa shape index (κ1) is 22.2. The third-order valence-electron chi connectivity index (χ3n) is 5.17. The van der Waals surface area contributed by atoms with Crippen molar-refractivity contribution in [3.63, 3.8) is 0 Å². The van der Waals surface area contributed by atoms with E-state index in [9.17, 15) is 0 Å². The smallest absolute Gasteiger partial charge is 0.128 e. The Balaban J connectivity index is 1.86. The molecule has 154 valence electrons. The number of rotatable bonds is 11. The van der Waals surface area contributed by atoms with Gasteiger partial charge in [-0.2, -0.15) is 0 Å². The zero-order valence-corrected chi connectivity index (χ0v) is 18.6. The Morgan fingerprint density at radius 3 is 2.43 bits per heavy atom. The van der Waals surface area contributed by atoms with E-state index >= 15 is 0 Å². The van der Waals surface area contributed by atoms with E-state index in [0.29, 0.717) is 17.8 Å². The molecule has 2 aromatic rings. The second kappa shape index (κ2) is 11.0. The molecule has 0 aliphatic heterocycles. The molecule has 0 radical (unpaired) electrons. The molecule has 1 atom stereocenters. The maximum absolute atomic E-state index is 4.85. The Hall–Kier alpha value is -2.10. The van der Waals surface area contributed by atoms with Crippen LogP contribution in [0.1, 0.15) is 77.5 Å². The topological polar surface area (TPSA) is 41.0 Å². The highest BCUT2D eigenvalue weighted by molar-refractivity contribution is 5.39. The number of hydrogen-bond acceptors (Lipinski definition) is 4. The molecule has 1 N–H and O–H groups in total. The van der Waals surface area contributed by atoms with Crippen LogP contribution in [0.4, 0.5) is 11.6 Å². The molecular weight excluding hydrogens is 344 g/mol. The molecule has 0 amide bonds. The Kier molecular flexibility index (Phi) is 8.75. The minimum Gasteiger partial charge on any atom is -0.370 e. The first-order chi connectivity index (χ1) is 13.4. The molecule has 0 aromatic carbocycles. The van der Waals surface area contributed by atoms with E-state index in [1.165, 1.54) is 11.3 Å². The standard InChI is InChI=1S/C24H38N4/c1-7-28(24-12-8-11-22(27-24)19(4)5)15-9-10-20(6)21-13-14-23(26-17-21)25-16-18(2)3/h8,11-14,17-20H,7,9-10,15-16H2,1-6H3,(H,25,26). The number of hydrogen-bond donors (Lipinski definition) is 1. The number of anilines is 2. The summed E-state index contributed by atoms with van der Waals surface area (Å²) in [6.07, 6.45) is 4.33. The second-order valence-electron chi connectivity index (χ2n) is 8.45. The third-order valence-corrected chi connectivity index (χ3v) is 5.17. The third kappa shape index (κ3) is 6.81. The number of aromatic nitrogens is 2. The minimum absolute atomic E-state index is 0.462. The van der Waals surface area contributed by atoms with Gasteiger partial charge in [0.05, 0.1) is 0 Å². The van der Waals surface area contributed by atoms with Crippen molar-refractivity contribution in [2.24, 2.45) is 5.92 Å². The summed E-state index contributed by atoms with van der Waals surface area (Å²) in [5, 5.41) is 3.38. The van der Waals surface area contributed by atoms with Crippen molar-refractivity contribution in [2.75, 3.05) is 29.9 Å². The van der Waals surface area contributed by atoms with Gasteiger partial charge in [0, 0.05) is 31.5 Å². The normalized spacial score (nSPS) is 12.4. The van der Waals surface area contributed by atoms with Crippen molar-refractivity contribution >= 4 is 11.6 Å². The van der Waals surface area contributed by atoms with E-state index in [2.05, 4.69) is 87.1 Å². The zero-order valence-electron chi connectivity index (χ0n) is 18.6. The highest BCUT2D eigenvalue weighted by Gasteiger charge is 2.11. The van der Waals surface area contributed by atoms with Gasteiger partial charge >= 0.3 is 0 Å². The molecule has 4 nitrogen and oxygen atoms in total. The van der Waals surface area contributed by atoms with Gasteiger partial charge in [0.1, 0.15) is 11.6 Å². The molecule has 2 rings (SSSR count). The van der Waals surface area contributed by atoms with E-state index in [0.717, 1.165) is 44.1 Å². The number of nitrogens with one attached hydrogen (secondary N) is 1. The van der Waals surface area contributed by atoms with Gasteiger partial charge in [-0.1, -0.05) is 46.8 Å². The maximum Gasteiger partial charge on any atom is 0.128 e. The summed E-state index contributed by atoms with van der Waals surface area (Å²) < 4.78 is 0. The summed E-state index contributed by atoms with van der Waals surface area (Å²) in [7, 11) is 0. The molecule has 28 heavy (non-hydrogen) atoms. The SMILES string of the molecule is CCN(CCCC(C)c1ccc(NCC(C)C)nc1)c1cccc(C(C)C)n1. The lowest BCUT2D eigenvalue weighted by atomic mass is 9.97. The van der Waals surface area contributed by atoms with E-state index in [1.807, 2.05) is 6.20 Å². The molecule has 0 saturated heterocycles. The first-order valence-corrected chi connectivity index (χ1v) is 10.8. The van der Waals surface area contributed by atoms with Gasteiger partial charge in [-0.05, 0) is 61.3 Å². The predicted molar refractivity (Wildman–Crippen MR) is 121 cm³/mol. The van der Waals surface area contributed by atoms with Crippen molar-refractivity contribution in [3.05, 3.63) is 47.8 Å². The predicted octanol–water partition coefficient (Wildman–Crippen LogP) is 6.08. The van der Waals surface area contributed by atoms with Crippen LogP contribution >= 0.6 is 0 Å². The van der Waals surface area contributed by atoms with Crippen molar-refractivity contribution in [3.8, 4) is 0 Å². The van der Waals surface area contributed by atoms with Crippen molar-refractivity contribution in [1.82, 2.24) is 9.97 Å². The molecule has 4 heteroatoms. The largest absolute Gasteiger partial charge is 0.370 e. The molecule has 0 aliphatic rings. The quantitative estimate of drug-likeness (QED) is 0.511. The summed E-state index contributed by atoms with van der Waals surface area (Å²) in [6.45, 7) is 16.3. The van der Waals surface area contributed by atoms with Crippen LogP contribution in [-0.4, -0.2) is 29.6 Å². The van der Waals surface area contributed by atoms with Crippen LogP contribution in [0.5, 0.6) is 0 Å². The fourth-order valence-electron chi connectivity index (χ4n) is 3.24. The summed E-state index contributed by atoms with van der Waals surface area (Å²) >= 11 is 0. The monoisotopic (exact) mass is 382 g/mol. The maximum atomic E-state index is 4.85. The zero-order chi connectivity index (χ0) is 20.5. The summed E-state index contributed by atoms with van der Waals surface area (Å²) in [5.74, 6) is 3.67. The van der Waals surface area contributed by atoms with Crippen molar-refractivity contribution in [2.45, 2.75) is 66.2 Å². The van der Waals surface area contributed by atoms with Gasteiger partial charge in [0.25, 0.3) is 0 Å². The van der Waals surface area contributed by atoms with Crippen LogP contribution in [0.3, 0.4) is 0 Å². The molecule has 0 spiro atoms. The average molecular weight is 383 g/mol. The lowest BCUT2D eigenvalue weighted by molar-refractivity contribution is 0.616. The molecular formula is C24H38N4. The van der Waals surface area contributed by atoms with Crippen molar-refractivity contribution in [1.29, 1.82) is 0 Å². The Morgan fingerprint density at radius 1 is 1.04 bits per heavy atom. The van der Waals surface area contributed by atoms with Gasteiger partial charge in [0.2, 0.25) is 0 Å².